The average molecular weight is 1560 g/mol. The minimum atomic E-state index is -2.13. The van der Waals surface area contributed by atoms with Crippen molar-refractivity contribution in [2.45, 2.75) is 237 Å². The Hall–Kier alpha value is -11.1. The van der Waals surface area contributed by atoms with Gasteiger partial charge in [0.2, 0.25) is 76.8 Å². The fourth-order valence-corrected chi connectivity index (χ4v) is 10.0. The molecular weight excluding hydrogens is 1450 g/mol. The van der Waals surface area contributed by atoms with E-state index in [9.17, 15) is 117 Å². The molecule has 109 heavy (non-hydrogen) atoms. The van der Waals surface area contributed by atoms with E-state index in [2.05, 4.69) is 79.8 Å². The molecule has 0 bridgehead atoms. The molecule has 45 heteroatoms. The summed E-state index contributed by atoms with van der Waals surface area (Å²) in [6.45, 7) is 11.5. The van der Waals surface area contributed by atoms with Crippen molar-refractivity contribution in [3.8, 4) is 0 Å². The highest BCUT2D eigenvalue weighted by molar-refractivity contribution is 6.01. The number of guanidine groups is 2. The van der Waals surface area contributed by atoms with Crippen LogP contribution in [0.2, 0.25) is 0 Å². The Labute approximate surface area is 627 Å². The van der Waals surface area contributed by atoms with Crippen LogP contribution in [0.1, 0.15) is 152 Å². The fraction of sp³-hybridized carbons (Fsp3) is 0.688. The third kappa shape index (κ3) is 41.5. The van der Waals surface area contributed by atoms with Crippen molar-refractivity contribution in [2.24, 2.45) is 35.0 Å². The highest BCUT2D eigenvalue weighted by Crippen LogP contribution is 2.13. The van der Waals surface area contributed by atoms with Crippen molar-refractivity contribution < 1.29 is 122 Å². The fourth-order valence-electron chi connectivity index (χ4n) is 10.0. The van der Waals surface area contributed by atoms with Crippen LogP contribution in [-0.2, 0) is 86.3 Å². The van der Waals surface area contributed by atoms with Crippen molar-refractivity contribution in [2.75, 3.05) is 26.2 Å². The molecule has 0 aliphatic heterocycles. The second kappa shape index (κ2) is 50.4. The van der Waals surface area contributed by atoms with Gasteiger partial charge >= 0.3 is 29.8 Å². The highest BCUT2D eigenvalue weighted by atomic mass is 16.4. The zero-order chi connectivity index (χ0) is 83.7. The largest absolute Gasteiger partial charge is 0.481 e. The third-order valence-electron chi connectivity index (χ3n) is 15.6. The lowest BCUT2D eigenvalue weighted by Gasteiger charge is -2.28. The number of carbonyl (C=O) groups is 18. The number of rotatable bonds is 54. The van der Waals surface area contributed by atoms with Gasteiger partial charge in [-0.3, -0.25) is 97.1 Å². The summed E-state index contributed by atoms with van der Waals surface area (Å²) in [5.74, 6) is -24.4. The molecule has 0 unspecified atom stereocenters. The topological polar surface area (TPSA) is 755 Å². The number of aliphatic hydroxyl groups is 2. The van der Waals surface area contributed by atoms with E-state index in [-0.39, 0.29) is 69.4 Å². The Bertz CT molecular complexity index is 3190. The molecule has 0 spiro atoms. The lowest BCUT2D eigenvalue weighted by molar-refractivity contribution is -0.142. The summed E-state index contributed by atoms with van der Waals surface area (Å²) in [5.41, 5.74) is 16.7. The first-order valence-electron chi connectivity index (χ1n) is 34.9. The Morgan fingerprint density at radius 2 is 0.633 bits per heavy atom. The van der Waals surface area contributed by atoms with E-state index in [4.69, 9.17) is 33.1 Å². The quantitative estimate of drug-likeness (QED) is 0.0153. The minimum absolute atomic E-state index is 0.0337. The van der Waals surface area contributed by atoms with Gasteiger partial charge in [0.25, 0.3) is 0 Å². The molecular formula is C64H110N20O25. The third-order valence-corrected chi connectivity index (χ3v) is 15.6. The van der Waals surface area contributed by atoms with Crippen molar-refractivity contribution in [1.82, 2.24) is 79.8 Å². The Morgan fingerprint density at radius 3 is 0.982 bits per heavy atom. The van der Waals surface area contributed by atoms with Gasteiger partial charge in [-0.1, -0.05) is 41.5 Å². The van der Waals surface area contributed by atoms with Crippen molar-refractivity contribution in [1.29, 1.82) is 10.8 Å². The first-order chi connectivity index (χ1) is 50.7. The highest BCUT2D eigenvalue weighted by Gasteiger charge is 2.38. The van der Waals surface area contributed by atoms with E-state index >= 15 is 0 Å². The zero-order valence-electron chi connectivity index (χ0n) is 62.3. The molecule has 0 aromatic rings. The van der Waals surface area contributed by atoms with Gasteiger partial charge in [-0.15, -0.1) is 0 Å². The van der Waals surface area contributed by atoms with Gasteiger partial charge in [-0.25, -0.2) is 0 Å². The van der Waals surface area contributed by atoms with Crippen molar-refractivity contribution in [3.05, 3.63) is 0 Å². The van der Waals surface area contributed by atoms with E-state index in [1.165, 1.54) is 6.92 Å². The van der Waals surface area contributed by atoms with E-state index in [0.29, 0.717) is 0 Å². The summed E-state index contributed by atoms with van der Waals surface area (Å²) in [6.07, 6.45) is -8.68. The molecule has 30 N–H and O–H groups in total. The van der Waals surface area contributed by atoms with Crippen LogP contribution < -0.4 is 97.0 Å². The molecule has 616 valence electrons. The van der Waals surface area contributed by atoms with Gasteiger partial charge in [0.05, 0.1) is 25.2 Å². The number of nitrogens with one attached hydrogen (secondary N) is 17. The maximum atomic E-state index is 14.4. The zero-order valence-corrected chi connectivity index (χ0v) is 62.3. The maximum Gasteiger partial charge on any atom is 0.322 e. The normalized spacial score (nSPS) is 14.9. The first kappa shape index (κ1) is 97.9. The number of amides is 13. The van der Waals surface area contributed by atoms with Crippen LogP contribution in [0, 0.1) is 28.6 Å². The molecule has 0 saturated heterocycles. The summed E-state index contributed by atoms with van der Waals surface area (Å²) < 4.78 is 0. The van der Waals surface area contributed by atoms with Crippen LogP contribution in [0.5, 0.6) is 0 Å². The van der Waals surface area contributed by atoms with Crippen molar-refractivity contribution in [3.63, 3.8) is 0 Å². The van der Waals surface area contributed by atoms with Crippen molar-refractivity contribution >= 4 is 119 Å². The predicted molar refractivity (Wildman–Crippen MR) is 381 cm³/mol. The van der Waals surface area contributed by atoms with Crippen LogP contribution in [0.4, 0.5) is 0 Å². The number of hydrogen-bond donors (Lipinski definition) is 27. The monoisotopic (exact) mass is 1560 g/mol. The molecule has 0 aliphatic rings. The van der Waals surface area contributed by atoms with Crippen LogP contribution in [0.3, 0.4) is 0 Å². The van der Waals surface area contributed by atoms with Gasteiger partial charge in [-0.2, -0.15) is 0 Å². The Kier molecular flexibility index (Phi) is 45.3. The number of nitrogens with two attached hydrogens (primary N) is 3. The van der Waals surface area contributed by atoms with Gasteiger partial charge in [0, 0.05) is 32.4 Å². The number of carboxylic acids is 5. The van der Waals surface area contributed by atoms with Gasteiger partial charge in [0.1, 0.15) is 79.0 Å². The first-order valence-corrected chi connectivity index (χ1v) is 34.9. The molecule has 13 amide bonds. The maximum absolute atomic E-state index is 14.4. The second-order valence-electron chi connectivity index (χ2n) is 26.9. The molecule has 0 aromatic carbocycles. The number of carboxylic acid groups (broad SMARTS) is 5. The number of hydrogen-bond acceptors (Lipinski definition) is 23. The molecule has 0 rings (SSSR count). The van der Waals surface area contributed by atoms with E-state index < -0.39 is 268 Å². The number of aliphatic hydroxyl groups excluding tert-OH is 2. The van der Waals surface area contributed by atoms with E-state index in [1.807, 2.05) is 0 Å². The smallest absolute Gasteiger partial charge is 0.322 e. The molecule has 0 aliphatic carbocycles. The lowest BCUT2D eigenvalue weighted by Crippen LogP contribution is -2.61. The van der Waals surface area contributed by atoms with Crippen LogP contribution in [0.25, 0.3) is 0 Å². The summed E-state index contributed by atoms with van der Waals surface area (Å²) in [6, 6.07) is -22.2. The minimum Gasteiger partial charge on any atom is -0.481 e. The summed E-state index contributed by atoms with van der Waals surface area (Å²) >= 11 is 0. The molecule has 0 saturated carbocycles. The van der Waals surface area contributed by atoms with Gasteiger partial charge in [-0.05, 0) is 103 Å². The lowest BCUT2D eigenvalue weighted by atomic mass is 9.99. The average Bonchev–Trinajstić information content (AvgIpc) is 0.859. The van der Waals surface area contributed by atoms with Crippen LogP contribution >= 0.6 is 0 Å². The van der Waals surface area contributed by atoms with Crippen LogP contribution in [-0.4, -0.2) is 265 Å². The molecule has 0 fully saturated rings. The standard InChI is InChI=1S/C64H110N20O25/c1-28(2)22-34(65)52(99)73-31(7)50(97)80-42(25-47(93)94)60(107)79-38(15-18-45(89)90)57(104)78-39(16-19-46(91)92)58(105)83-43(27-85)61(108)76-36(13-11-21-71-64(68)69)55(102)77-37(14-17-44(87)88)56(103)75-35(12-10-20-70-63(66)67)54(101)74-32(8)51(98)84-49(33(9)86)62(109)82-41(24-30(5)6)59(106)81-40(23-29(3)4)53(100)72-26-48(95)96/h28-43,49,85-86H,10-27,65H2,1-9H3,(H,72,100)(H,73,99)(H,74,101)(H,75,103)(H,76,108)(H,77,102)(H,78,104)(H,79,107)(H,80,97)(H,81,106)(H,82,109)(H,83,105)(H,84,98)(H,87,88)(H,89,90)(H,91,92)(H,93,94)(H,95,96)(H4,66,67,70)(H4,68,69,71)/t31-,32-,33+,34-,35-,36-,37-,38-,39-,40-,41-,42-,43-,49-/m0/s1. The molecule has 0 heterocycles. The predicted octanol–water partition coefficient (Wildman–Crippen LogP) is -8.52. The van der Waals surface area contributed by atoms with Gasteiger partial charge in [0.15, 0.2) is 11.9 Å². The molecule has 45 nitrogen and oxygen atoms in total. The second-order valence-corrected chi connectivity index (χ2v) is 26.9. The number of aliphatic carboxylic acids is 5. The molecule has 0 aromatic heterocycles. The van der Waals surface area contributed by atoms with Gasteiger partial charge < -0.3 is 133 Å². The number of carbonyl (C=O) groups excluding carboxylic acids is 13. The Morgan fingerprint density at radius 1 is 0.330 bits per heavy atom. The van der Waals surface area contributed by atoms with Crippen LogP contribution in [0.15, 0.2) is 0 Å². The summed E-state index contributed by atoms with van der Waals surface area (Å²) in [7, 11) is 0. The molecule has 0 radical (unpaired) electrons. The summed E-state index contributed by atoms with van der Waals surface area (Å²) in [5, 5.41) is 118. The Balaban J connectivity index is 7.17. The van der Waals surface area contributed by atoms with E-state index in [0.717, 1.165) is 13.8 Å². The summed E-state index contributed by atoms with van der Waals surface area (Å²) in [4.78, 5) is 237. The van der Waals surface area contributed by atoms with E-state index in [1.54, 1.807) is 41.5 Å². The SMILES string of the molecule is CC(C)C[C@H](NC(=O)[C@H](CC(C)C)NC(=O)[C@@H](NC(=O)[C@H](C)NC(=O)[C@H](CCCNC(=N)N)NC(=O)[C@H](CCC(=O)O)NC(=O)[C@H](CCCNC(=N)N)NC(=O)[C@H](CO)NC(=O)[C@H](CCC(=O)O)NC(=O)[C@H](CCC(=O)O)NC(=O)[C@H](CC(=O)O)NC(=O)[C@H](C)NC(=O)[C@@H](N)CC(C)C)[C@@H](C)O)C(=O)NCC(=O)O. The molecule has 14 atom stereocenters.